The second kappa shape index (κ2) is 5.96. The number of nitrogens with one attached hydrogen (secondary N) is 2. The topological polar surface area (TPSA) is 79.6 Å². The van der Waals surface area contributed by atoms with E-state index in [9.17, 15) is 0 Å². The number of rotatable bonds is 4. The third-order valence-electron chi connectivity index (χ3n) is 4.31. The zero-order valence-electron chi connectivity index (χ0n) is 13.0. The van der Waals surface area contributed by atoms with Gasteiger partial charge in [-0.1, -0.05) is 12.1 Å². The standard InChI is InChI=1S/C17H19N5O/c1-11-20-22-17(23-11)13-4-2-3-12(7-13)9-18-15-6-5-14-10-19-21-16(14)8-15/h2-4,7,10,15,18H,5-6,8-9H2,1H3,(H,19,21). The first kappa shape index (κ1) is 14.1. The highest BCUT2D eigenvalue weighted by molar-refractivity contribution is 5.53. The first-order valence-corrected chi connectivity index (χ1v) is 7.92. The minimum atomic E-state index is 0.484. The van der Waals surface area contributed by atoms with Gasteiger partial charge in [-0.25, -0.2) is 0 Å². The summed E-state index contributed by atoms with van der Waals surface area (Å²) in [5.74, 6) is 1.16. The van der Waals surface area contributed by atoms with Gasteiger partial charge in [0, 0.05) is 37.2 Å². The molecule has 0 spiro atoms. The second-order valence-electron chi connectivity index (χ2n) is 6.02. The van der Waals surface area contributed by atoms with E-state index >= 15 is 0 Å². The average Bonchev–Trinajstić information content (AvgIpc) is 3.21. The lowest BCUT2D eigenvalue weighted by molar-refractivity contribution is 0.454. The van der Waals surface area contributed by atoms with Crippen LogP contribution in [0.4, 0.5) is 0 Å². The molecule has 2 heterocycles. The number of aromatic nitrogens is 4. The molecule has 0 fully saturated rings. The van der Waals surface area contributed by atoms with Crippen LogP contribution in [0, 0.1) is 6.92 Å². The molecule has 1 aliphatic rings. The molecule has 118 valence electrons. The highest BCUT2D eigenvalue weighted by atomic mass is 16.4. The molecule has 6 nitrogen and oxygen atoms in total. The van der Waals surface area contributed by atoms with Gasteiger partial charge in [-0.2, -0.15) is 5.10 Å². The van der Waals surface area contributed by atoms with E-state index in [4.69, 9.17) is 4.42 Å². The van der Waals surface area contributed by atoms with Crippen LogP contribution in [-0.2, 0) is 19.4 Å². The third-order valence-corrected chi connectivity index (χ3v) is 4.31. The van der Waals surface area contributed by atoms with Crippen LogP contribution < -0.4 is 5.32 Å². The Morgan fingerprint density at radius 2 is 2.30 bits per heavy atom. The third kappa shape index (κ3) is 3.03. The maximum absolute atomic E-state index is 5.50. The summed E-state index contributed by atoms with van der Waals surface area (Å²) in [5, 5.41) is 18.8. The monoisotopic (exact) mass is 309 g/mol. The molecule has 0 saturated carbocycles. The van der Waals surface area contributed by atoms with Gasteiger partial charge in [-0.15, -0.1) is 10.2 Å². The van der Waals surface area contributed by atoms with Crippen LogP contribution in [0.2, 0.25) is 0 Å². The van der Waals surface area contributed by atoms with Crippen molar-refractivity contribution in [2.75, 3.05) is 0 Å². The number of aryl methyl sites for hydroxylation is 2. The van der Waals surface area contributed by atoms with E-state index < -0.39 is 0 Å². The van der Waals surface area contributed by atoms with Gasteiger partial charge in [-0.05, 0) is 36.1 Å². The molecule has 0 aliphatic heterocycles. The zero-order valence-corrected chi connectivity index (χ0v) is 13.0. The van der Waals surface area contributed by atoms with Gasteiger partial charge >= 0.3 is 0 Å². The second-order valence-corrected chi connectivity index (χ2v) is 6.02. The Morgan fingerprint density at radius 3 is 3.17 bits per heavy atom. The Kier molecular flexibility index (Phi) is 3.67. The van der Waals surface area contributed by atoms with Gasteiger partial charge < -0.3 is 9.73 Å². The maximum atomic E-state index is 5.50. The highest BCUT2D eigenvalue weighted by Gasteiger charge is 2.19. The molecule has 23 heavy (non-hydrogen) atoms. The first-order valence-electron chi connectivity index (χ1n) is 7.92. The van der Waals surface area contributed by atoms with E-state index in [1.54, 1.807) is 6.92 Å². The lowest BCUT2D eigenvalue weighted by Crippen LogP contribution is -2.34. The van der Waals surface area contributed by atoms with Crippen molar-refractivity contribution >= 4 is 0 Å². The van der Waals surface area contributed by atoms with Gasteiger partial charge in [0.1, 0.15) is 0 Å². The lowest BCUT2D eigenvalue weighted by Gasteiger charge is -2.23. The Balaban J connectivity index is 1.42. The minimum Gasteiger partial charge on any atom is -0.421 e. The molecule has 1 aliphatic carbocycles. The van der Waals surface area contributed by atoms with E-state index in [2.05, 4.69) is 37.8 Å². The Bertz CT molecular complexity index is 807. The summed E-state index contributed by atoms with van der Waals surface area (Å²) in [7, 11) is 0. The number of nitrogens with zero attached hydrogens (tertiary/aromatic N) is 3. The number of aromatic amines is 1. The summed E-state index contributed by atoms with van der Waals surface area (Å²) < 4.78 is 5.50. The van der Waals surface area contributed by atoms with E-state index in [0.29, 0.717) is 17.8 Å². The molecule has 2 N–H and O–H groups in total. The van der Waals surface area contributed by atoms with E-state index in [-0.39, 0.29) is 0 Å². The fourth-order valence-corrected chi connectivity index (χ4v) is 3.07. The normalized spacial score (nSPS) is 17.2. The van der Waals surface area contributed by atoms with Crippen LogP contribution in [0.25, 0.3) is 11.5 Å². The van der Waals surface area contributed by atoms with E-state index in [1.165, 1.54) is 16.8 Å². The highest BCUT2D eigenvalue weighted by Crippen LogP contribution is 2.21. The molecule has 1 aromatic carbocycles. The van der Waals surface area contributed by atoms with Gasteiger partial charge in [0.2, 0.25) is 11.8 Å². The van der Waals surface area contributed by atoms with Crippen molar-refractivity contribution in [3.05, 3.63) is 53.2 Å². The van der Waals surface area contributed by atoms with Crippen molar-refractivity contribution < 1.29 is 4.42 Å². The molecule has 3 aromatic rings. The number of H-pyrrole nitrogens is 1. The molecule has 4 rings (SSSR count). The van der Waals surface area contributed by atoms with Crippen LogP contribution in [-0.4, -0.2) is 26.4 Å². The molecule has 0 saturated heterocycles. The fraction of sp³-hybridized carbons (Fsp3) is 0.353. The number of benzene rings is 1. The first-order chi connectivity index (χ1) is 11.3. The van der Waals surface area contributed by atoms with Crippen molar-refractivity contribution in [1.29, 1.82) is 0 Å². The van der Waals surface area contributed by atoms with Crippen molar-refractivity contribution in [2.45, 2.75) is 38.8 Å². The van der Waals surface area contributed by atoms with Gasteiger partial charge in [0.15, 0.2) is 0 Å². The lowest BCUT2D eigenvalue weighted by atomic mass is 9.93. The summed E-state index contributed by atoms with van der Waals surface area (Å²) in [4.78, 5) is 0. The van der Waals surface area contributed by atoms with Crippen LogP contribution in [0.1, 0.15) is 29.1 Å². The summed E-state index contributed by atoms with van der Waals surface area (Å²) in [6.45, 7) is 2.63. The molecule has 1 unspecified atom stereocenters. The fourth-order valence-electron chi connectivity index (χ4n) is 3.07. The Labute approximate surface area is 134 Å². The molecule has 0 radical (unpaired) electrons. The summed E-state index contributed by atoms with van der Waals surface area (Å²) in [6.07, 6.45) is 5.19. The van der Waals surface area contributed by atoms with Crippen molar-refractivity contribution in [2.24, 2.45) is 0 Å². The Morgan fingerprint density at radius 1 is 1.35 bits per heavy atom. The molecule has 1 atom stereocenters. The molecular formula is C17H19N5O. The van der Waals surface area contributed by atoms with Crippen LogP contribution in [0.3, 0.4) is 0 Å². The largest absolute Gasteiger partial charge is 0.421 e. The number of hydrogen-bond donors (Lipinski definition) is 2. The Hall–Kier alpha value is -2.47. The summed E-state index contributed by atoms with van der Waals surface area (Å²) in [5.41, 5.74) is 4.80. The SMILES string of the molecule is Cc1nnc(-c2cccc(CNC3CCc4cn[nH]c4C3)c2)o1. The van der Waals surface area contributed by atoms with Crippen molar-refractivity contribution in [3.63, 3.8) is 0 Å². The quantitative estimate of drug-likeness (QED) is 0.773. The summed E-state index contributed by atoms with van der Waals surface area (Å²) in [6, 6.07) is 8.72. The van der Waals surface area contributed by atoms with Crippen LogP contribution in [0.5, 0.6) is 0 Å². The smallest absolute Gasteiger partial charge is 0.247 e. The number of hydrogen-bond acceptors (Lipinski definition) is 5. The summed E-state index contributed by atoms with van der Waals surface area (Å²) >= 11 is 0. The van der Waals surface area contributed by atoms with Crippen LogP contribution >= 0.6 is 0 Å². The number of fused-ring (bicyclic) bond motifs is 1. The average molecular weight is 309 g/mol. The zero-order chi connectivity index (χ0) is 15.6. The predicted octanol–water partition coefficient (Wildman–Crippen LogP) is 2.42. The maximum Gasteiger partial charge on any atom is 0.247 e. The van der Waals surface area contributed by atoms with E-state index in [1.807, 2.05) is 18.3 Å². The van der Waals surface area contributed by atoms with Crippen molar-refractivity contribution in [3.8, 4) is 11.5 Å². The minimum absolute atomic E-state index is 0.484. The van der Waals surface area contributed by atoms with Crippen LogP contribution in [0.15, 0.2) is 34.9 Å². The molecule has 0 bridgehead atoms. The van der Waals surface area contributed by atoms with Crippen molar-refractivity contribution in [1.82, 2.24) is 25.7 Å². The van der Waals surface area contributed by atoms with Gasteiger partial charge in [0.25, 0.3) is 0 Å². The molecular weight excluding hydrogens is 290 g/mol. The van der Waals surface area contributed by atoms with Gasteiger partial charge in [0.05, 0.1) is 6.20 Å². The molecule has 6 heteroatoms. The predicted molar refractivity (Wildman–Crippen MR) is 85.7 cm³/mol. The van der Waals surface area contributed by atoms with Gasteiger partial charge in [-0.3, -0.25) is 5.10 Å². The molecule has 0 amide bonds. The van der Waals surface area contributed by atoms with E-state index in [0.717, 1.165) is 31.4 Å². The molecule has 2 aromatic heterocycles.